The van der Waals surface area contributed by atoms with Crippen LogP contribution in [0.5, 0.6) is 0 Å². The predicted octanol–water partition coefficient (Wildman–Crippen LogP) is 0.779. The average Bonchev–Trinajstić information content (AvgIpc) is 2.30. The lowest BCUT2D eigenvalue weighted by Gasteiger charge is -2.22. The van der Waals surface area contributed by atoms with Crippen molar-refractivity contribution in [1.29, 1.82) is 5.26 Å². The minimum absolute atomic E-state index is 0.308. The van der Waals surface area contributed by atoms with E-state index in [2.05, 4.69) is 4.72 Å². The Morgan fingerprint density at radius 1 is 1.31 bits per heavy atom. The average molecular weight is 246 g/mol. The molecule has 0 spiro atoms. The lowest BCUT2D eigenvalue weighted by molar-refractivity contribution is 0.0981. The van der Waals surface area contributed by atoms with Gasteiger partial charge in [-0.2, -0.15) is 5.26 Å². The molecule has 6 heteroatoms. The van der Waals surface area contributed by atoms with Gasteiger partial charge in [-0.15, -0.1) is 0 Å². The van der Waals surface area contributed by atoms with E-state index in [1.807, 2.05) is 6.07 Å². The monoisotopic (exact) mass is 246 g/mol. The Hall–Kier alpha value is -0.640. The molecule has 1 saturated heterocycles. The van der Waals surface area contributed by atoms with Gasteiger partial charge in [-0.25, -0.2) is 13.1 Å². The summed E-state index contributed by atoms with van der Waals surface area (Å²) in [5, 5.41) is 8.02. The van der Waals surface area contributed by atoms with E-state index in [-0.39, 0.29) is 5.25 Å². The van der Waals surface area contributed by atoms with Crippen LogP contribution in [0.15, 0.2) is 0 Å². The summed E-state index contributed by atoms with van der Waals surface area (Å²) in [5.74, 6) is 0. The summed E-state index contributed by atoms with van der Waals surface area (Å²) in [6.45, 7) is 1.49. The fourth-order valence-electron chi connectivity index (χ4n) is 1.65. The lowest BCUT2D eigenvalue weighted by atomic mass is 10.2. The Morgan fingerprint density at radius 2 is 2.00 bits per heavy atom. The highest BCUT2D eigenvalue weighted by Gasteiger charge is 2.26. The van der Waals surface area contributed by atoms with Crippen molar-refractivity contribution in [1.82, 2.24) is 4.72 Å². The highest BCUT2D eigenvalue weighted by molar-refractivity contribution is 7.90. The van der Waals surface area contributed by atoms with Crippen LogP contribution in [0.25, 0.3) is 0 Å². The number of unbranched alkanes of at least 4 members (excludes halogenated alkanes) is 2. The fourth-order valence-corrected chi connectivity index (χ4v) is 3.13. The zero-order chi connectivity index (χ0) is 11.9. The molecule has 1 heterocycles. The molecule has 1 rings (SSSR count). The van der Waals surface area contributed by atoms with E-state index in [1.165, 1.54) is 0 Å². The molecule has 0 aromatic heterocycles. The molecule has 1 fully saturated rings. The van der Waals surface area contributed by atoms with Crippen LogP contribution in [-0.4, -0.2) is 33.4 Å². The van der Waals surface area contributed by atoms with Crippen LogP contribution >= 0.6 is 0 Å². The van der Waals surface area contributed by atoms with Crippen molar-refractivity contribution < 1.29 is 13.2 Å². The number of nitriles is 1. The van der Waals surface area contributed by atoms with Crippen molar-refractivity contribution in [2.45, 2.75) is 37.4 Å². The van der Waals surface area contributed by atoms with Crippen molar-refractivity contribution in [3.8, 4) is 6.07 Å². The van der Waals surface area contributed by atoms with Crippen LogP contribution in [0.2, 0.25) is 0 Å². The van der Waals surface area contributed by atoms with Crippen LogP contribution < -0.4 is 4.72 Å². The number of nitrogens with one attached hydrogen (secondary N) is 1. The quantitative estimate of drug-likeness (QED) is 0.702. The summed E-state index contributed by atoms with van der Waals surface area (Å²) in [5.41, 5.74) is 0. The number of hydrogen-bond acceptors (Lipinski definition) is 4. The van der Waals surface area contributed by atoms with Crippen molar-refractivity contribution in [3.63, 3.8) is 0 Å². The molecule has 0 unspecified atom stereocenters. The molecule has 0 saturated carbocycles. The topological polar surface area (TPSA) is 79.2 Å². The van der Waals surface area contributed by atoms with Crippen molar-refractivity contribution >= 4 is 10.0 Å². The van der Waals surface area contributed by atoms with Crippen LogP contribution in [0.1, 0.15) is 32.1 Å². The Kier molecular flexibility index (Phi) is 5.74. The van der Waals surface area contributed by atoms with Gasteiger partial charge in [0.25, 0.3) is 0 Å². The summed E-state index contributed by atoms with van der Waals surface area (Å²) in [7, 11) is -3.18. The maximum absolute atomic E-state index is 11.8. The first kappa shape index (κ1) is 13.4. The van der Waals surface area contributed by atoms with Gasteiger partial charge < -0.3 is 4.74 Å². The SMILES string of the molecule is N#CCCCCNS(=O)(=O)C1CCOCC1. The zero-order valence-electron chi connectivity index (χ0n) is 9.31. The summed E-state index contributed by atoms with van der Waals surface area (Å²) < 4.78 is 31.3. The summed E-state index contributed by atoms with van der Waals surface area (Å²) in [4.78, 5) is 0. The molecular weight excluding hydrogens is 228 g/mol. The highest BCUT2D eigenvalue weighted by Crippen LogP contribution is 2.14. The van der Waals surface area contributed by atoms with E-state index in [4.69, 9.17) is 10.00 Å². The van der Waals surface area contributed by atoms with E-state index in [1.54, 1.807) is 0 Å². The number of nitrogens with zero attached hydrogens (tertiary/aromatic N) is 1. The molecule has 0 bridgehead atoms. The highest BCUT2D eigenvalue weighted by atomic mass is 32.2. The van der Waals surface area contributed by atoms with Crippen molar-refractivity contribution in [2.75, 3.05) is 19.8 Å². The molecule has 0 aromatic rings. The molecule has 16 heavy (non-hydrogen) atoms. The Morgan fingerprint density at radius 3 is 2.62 bits per heavy atom. The van der Waals surface area contributed by atoms with Crippen LogP contribution in [0.4, 0.5) is 0 Å². The van der Waals surface area contributed by atoms with E-state index in [0.717, 1.165) is 12.8 Å². The van der Waals surface area contributed by atoms with Crippen LogP contribution in [-0.2, 0) is 14.8 Å². The van der Waals surface area contributed by atoms with Gasteiger partial charge in [0.1, 0.15) is 0 Å². The van der Waals surface area contributed by atoms with Crippen molar-refractivity contribution in [2.24, 2.45) is 0 Å². The molecule has 1 aliphatic heterocycles. The molecular formula is C10H18N2O3S. The second-order valence-corrected chi connectivity index (χ2v) is 5.91. The maximum atomic E-state index is 11.8. The van der Waals surface area contributed by atoms with Gasteiger partial charge in [0.2, 0.25) is 10.0 Å². The first-order valence-corrected chi connectivity index (χ1v) is 7.14. The third kappa shape index (κ3) is 4.47. The number of rotatable bonds is 6. The molecule has 0 amide bonds. The molecule has 1 aliphatic rings. The Bertz CT molecular complexity index is 328. The molecule has 0 atom stereocenters. The number of hydrogen-bond donors (Lipinski definition) is 1. The predicted molar refractivity (Wildman–Crippen MR) is 60.2 cm³/mol. The van der Waals surface area contributed by atoms with E-state index in [9.17, 15) is 8.42 Å². The van der Waals surface area contributed by atoms with Gasteiger partial charge in [-0.1, -0.05) is 0 Å². The summed E-state index contributed by atoms with van der Waals surface area (Å²) >= 11 is 0. The Labute approximate surface area is 96.8 Å². The first-order valence-electron chi connectivity index (χ1n) is 5.60. The maximum Gasteiger partial charge on any atom is 0.214 e. The van der Waals surface area contributed by atoms with Gasteiger partial charge >= 0.3 is 0 Å². The van der Waals surface area contributed by atoms with E-state index in [0.29, 0.717) is 39.0 Å². The number of ether oxygens (including phenoxy) is 1. The summed E-state index contributed by atoms with van der Waals surface area (Å²) in [6, 6.07) is 2.03. The second kappa shape index (κ2) is 6.84. The van der Waals surface area contributed by atoms with Crippen molar-refractivity contribution in [3.05, 3.63) is 0 Å². The third-order valence-electron chi connectivity index (χ3n) is 2.63. The van der Waals surface area contributed by atoms with Gasteiger partial charge in [-0.05, 0) is 25.7 Å². The Balaban J connectivity index is 2.25. The smallest absolute Gasteiger partial charge is 0.214 e. The first-order chi connectivity index (χ1) is 7.67. The molecule has 5 nitrogen and oxygen atoms in total. The zero-order valence-corrected chi connectivity index (χ0v) is 10.1. The molecule has 0 radical (unpaired) electrons. The number of sulfonamides is 1. The minimum Gasteiger partial charge on any atom is -0.381 e. The van der Waals surface area contributed by atoms with Crippen LogP contribution in [0.3, 0.4) is 0 Å². The van der Waals surface area contributed by atoms with E-state index >= 15 is 0 Å². The second-order valence-electron chi connectivity index (χ2n) is 3.87. The minimum atomic E-state index is -3.18. The van der Waals surface area contributed by atoms with Gasteiger partial charge in [0.05, 0.1) is 11.3 Å². The third-order valence-corrected chi connectivity index (χ3v) is 4.58. The molecule has 1 N–H and O–H groups in total. The van der Waals surface area contributed by atoms with Crippen LogP contribution in [0, 0.1) is 11.3 Å². The van der Waals surface area contributed by atoms with E-state index < -0.39 is 10.0 Å². The normalized spacial score (nSPS) is 18.2. The summed E-state index contributed by atoms with van der Waals surface area (Å²) in [6.07, 6.45) is 3.10. The standard InChI is InChI=1S/C10H18N2O3S/c11-6-2-1-3-7-12-16(13,14)10-4-8-15-9-5-10/h10,12H,1-5,7-9H2. The van der Waals surface area contributed by atoms with Gasteiger partial charge in [0.15, 0.2) is 0 Å². The molecule has 0 aromatic carbocycles. The largest absolute Gasteiger partial charge is 0.381 e. The van der Waals surface area contributed by atoms with Gasteiger partial charge in [0, 0.05) is 26.2 Å². The molecule has 92 valence electrons. The fraction of sp³-hybridized carbons (Fsp3) is 0.900. The van der Waals surface area contributed by atoms with Gasteiger partial charge in [-0.3, -0.25) is 0 Å². The lowest BCUT2D eigenvalue weighted by Crippen LogP contribution is -2.38. The molecule has 0 aliphatic carbocycles.